The summed E-state index contributed by atoms with van der Waals surface area (Å²) in [5.74, 6) is -1.89. The van der Waals surface area contributed by atoms with Crippen LogP contribution in [0, 0.1) is 0 Å². The Hall–Kier alpha value is -3.54. The fourth-order valence-electron chi connectivity index (χ4n) is 3.82. The highest BCUT2D eigenvalue weighted by atomic mass is 32.1. The van der Waals surface area contributed by atoms with Crippen LogP contribution >= 0.6 is 11.3 Å². The molecule has 1 aliphatic heterocycles. The number of aromatic carboxylic acids is 1. The molecular weight excluding hydrogens is 422 g/mol. The van der Waals surface area contributed by atoms with Gasteiger partial charge < -0.3 is 15.6 Å². The SMILES string of the molecule is Nc1ccc2c(c1C(=O)NN1CCOCC1)C(=O)c1c-2n[nH]c1-c1ccc(C(=O)O)s1. The molecule has 3 aromatic rings. The number of aromatic amines is 1. The van der Waals surface area contributed by atoms with Gasteiger partial charge in [-0.15, -0.1) is 11.3 Å². The minimum atomic E-state index is -1.04. The maximum absolute atomic E-state index is 13.4. The molecule has 0 bridgehead atoms. The average molecular weight is 439 g/mol. The summed E-state index contributed by atoms with van der Waals surface area (Å²) in [7, 11) is 0. The van der Waals surface area contributed by atoms with Crippen LogP contribution in [0.1, 0.15) is 36.0 Å². The molecule has 1 aromatic carbocycles. The number of carbonyl (C=O) groups excluding carboxylic acids is 2. The van der Waals surface area contributed by atoms with Crippen LogP contribution in [0.3, 0.4) is 0 Å². The van der Waals surface area contributed by atoms with Crippen molar-refractivity contribution in [3.8, 4) is 21.8 Å². The first-order valence-corrected chi connectivity index (χ1v) is 10.3. The topological polar surface area (TPSA) is 151 Å². The Morgan fingerprint density at radius 1 is 1.19 bits per heavy atom. The molecule has 5 rings (SSSR count). The van der Waals surface area contributed by atoms with Crippen LogP contribution in [0.25, 0.3) is 21.8 Å². The van der Waals surface area contributed by atoms with E-state index in [4.69, 9.17) is 10.5 Å². The van der Waals surface area contributed by atoms with Crippen molar-refractivity contribution in [3.63, 3.8) is 0 Å². The van der Waals surface area contributed by atoms with Crippen molar-refractivity contribution < 1.29 is 24.2 Å². The lowest BCUT2D eigenvalue weighted by Gasteiger charge is -2.27. The van der Waals surface area contributed by atoms with Gasteiger partial charge in [-0.2, -0.15) is 5.10 Å². The maximum atomic E-state index is 13.4. The van der Waals surface area contributed by atoms with E-state index in [0.717, 1.165) is 11.3 Å². The predicted octanol–water partition coefficient (Wildman–Crippen LogP) is 1.61. The molecule has 0 saturated carbocycles. The molecule has 1 saturated heterocycles. The summed E-state index contributed by atoms with van der Waals surface area (Å²) in [6.07, 6.45) is 0. The first-order chi connectivity index (χ1) is 15.0. The highest BCUT2D eigenvalue weighted by Gasteiger charge is 2.38. The summed E-state index contributed by atoms with van der Waals surface area (Å²) < 4.78 is 5.29. The molecule has 3 heterocycles. The Kier molecular flexibility index (Phi) is 4.58. The molecule has 5 N–H and O–H groups in total. The molecule has 0 spiro atoms. The van der Waals surface area contributed by atoms with Crippen LogP contribution in [0.5, 0.6) is 0 Å². The fraction of sp³-hybridized carbons (Fsp3) is 0.200. The molecule has 0 unspecified atom stereocenters. The van der Waals surface area contributed by atoms with Crippen LogP contribution in [-0.4, -0.2) is 64.3 Å². The number of ketones is 1. The zero-order valence-corrected chi connectivity index (χ0v) is 16.9. The second-order valence-electron chi connectivity index (χ2n) is 7.11. The second-order valence-corrected chi connectivity index (χ2v) is 8.20. The Balaban J connectivity index is 1.55. The number of fused-ring (bicyclic) bond motifs is 3. The van der Waals surface area contributed by atoms with E-state index in [1.807, 2.05) is 0 Å². The highest BCUT2D eigenvalue weighted by molar-refractivity contribution is 7.17. The maximum Gasteiger partial charge on any atom is 0.345 e. The van der Waals surface area contributed by atoms with Gasteiger partial charge in [-0.1, -0.05) is 0 Å². The number of ether oxygens (including phenoxy) is 1. The normalized spacial score (nSPS) is 15.5. The van der Waals surface area contributed by atoms with Gasteiger partial charge >= 0.3 is 5.97 Å². The molecule has 1 fully saturated rings. The number of carbonyl (C=O) groups is 3. The minimum Gasteiger partial charge on any atom is -0.477 e. The molecule has 2 aliphatic rings. The van der Waals surface area contributed by atoms with Crippen molar-refractivity contribution in [2.24, 2.45) is 0 Å². The number of hydrogen-bond acceptors (Lipinski definition) is 8. The number of hydrogen-bond donors (Lipinski definition) is 4. The highest BCUT2D eigenvalue weighted by Crippen LogP contribution is 2.43. The van der Waals surface area contributed by atoms with Crippen molar-refractivity contribution in [2.75, 3.05) is 32.0 Å². The van der Waals surface area contributed by atoms with Gasteiger partial charge in [-0.3, -0.25) is 20.1 Å². The summed E-state index contributed by atoms with van der Waals surface area (Å²) in [4.78, 5) is 38.4. The minimum absolute atomic E-state index is 0.107. The molecule has 2 aromatic heterocycles. The van der Waals surface area contributed by atoms with Gasteiger partial charge in [0.1, 0.15) is 10.6 Å². The number of carboxylic acid groups (broad SMARTS) is 1. The first kappa shape index (κ1) is 19.4. The standard InChI is InChI=1S/C20H17N5O5S/c21-10-2-1-9-13(14(10)19(27)24-25-5-7-30-8-6-25)18(26)15-16(9)22-23-17(15)11-3-4-12(31-11)20(28)29/h1-4H,5-8,21H2,(H,22,23)(H,24,27)(H,28,29). The van der Waals surface area contributed by atoms with Crippen molar-refractivity contribution in [1.29, 1.82) is 0 Å². The van der Waals surface area contributed by atoms with E-state index in [1.54, 1.807) is 23.2 Å². The summed E-state index contributed by atoms with van der Waals surface area (Å²) in [6.45, 7) is 2.06. The largest absolute Gasteiger partial charge is 0.477 e. The van der Waals surface area contributed by atoms with E-state index in [0.29, 0.717) is 53.7 Å². The molecule has 11 heteroatoms. The van der Waals surface area contributed by atoms with Crippen molar-refractivity contribution in [2.45, 2.75) is 0 Å². The number of nitrogens with one attached hydrogen (secondary N) is 2. The third kappa shape index (κ3) is 3.10. The predicted molar refractivity (Wildman–Crippen MR) is 112 cm³/mol. The number of morpholine rings is 1. The van der Waals surface area contributed by atoms with E-state index >= 15 is 0 Å². The number of thiophene rings is 1. The zero-order chi connectivity index (χ0) is 21.7. The third-order valence-corrected chi connectivity index (χ3v) is 6.36. The molecule has 31 heavy (non-hydrogen) atoms. The summed E-state index contributed by atoms with van der Waals surface area (Å²) >= 11 is 1.04. The summed E-state index contributed by atoms with van der Waals surface area (Å²) in [5.41, 5.74) is 11.1. The smallest absolute Gasteiger partial charge is 0.345 e. The Morgan fingerprint density at radius 2 is 1.97 bits per heavy atom. The van der Waals surface area contributed by atoms with E-state index in [1.165, 1.54) is 6.07 Å². The van der Waals surface area contributed by atoms with Crippen molar-refractivity contribution in [3.05, 3.63) is 45.8 Å². The number of aromatic nitrogens is 2. The number of nitrogen functional groups attached to an aromatic ring is 1. The summed E-state index contributed by atoms with van der Waals surface area (Å²) in [6, 6.07) is 6.35. The fourth-order valence-corrected chi connectivity index (χ4v) is 4.67. The first-order valence-electron chi connectivity index (χ1n) is 9.48. The van der Waals surface area contributed by atoms with Gasteiger partial charge in [0, 0.05) is 29.9 Å². The Morgan fingerprint density at radius 3 is 2.68 bits per heavy atom. The molecule has 158 valence electrons. The Bertz CT molecular complexity index is 1240. The molecule has 0 radical (unpaired) electrons. The number of H-pyrrole nitrogens is 1. The van der Waals surface area contributed by atoms with Gasteiger partial charge in [0.25, 0.3) is 5.91 Å². The molecule has 10 nitrogen and oxygen atoms in total. The van der Waals surface area contributed by atoms with E-state index in [2.05, 4.69) is 15.6 Å². The van der Waals surface area contributed by atoms with E-state index in [9.17, 15) is 19.5 Å². The number of amides is 1. The lowest BCUT2D eigenvalue weighted by Crippen LogP contribution is -2.48. The number of anilines is 1. The van der Waals surface area contributed by atoms with Crippen LogP contribution in [-0.2, 0) is 4.74 Å². The van der Waals surface area contributed by atoms with Crippen molar-refractivity contribution >= 4 is 34.7 Å². The number of rotatable bonds is 4. The second kappa shape index (κ2) is 7.30. The molecule has 0 atom stereocenters. The average Bonchev–Trinajstić information content (AvgIpc) is 3.46. The van der Waals surface area contributed by atoms with Crippen LogP contribution < -0.4 is 11.2 Å². The van der Waals surface area contributed by atoms with Gasteiger partial charge in [-0.05, 0) is 24.3 Å². The number of hydrazine groups is 1. The molecule has 1 aliphatic carbocycles. The van der Waals surface area contributed by atoms with Gasteiger partial charge in [0.2, 0.25) is 0 Å². The summed E-state index contributed by atoms with van der Waals surface area (Å²) in [5, 5.41) is 18.0. The number of nitrogens with zero attached hydrogens (tertiary/aromatic N) is 2. The van der Waals surface area contributed by atoms with Gasteiger partial charge in [-0.25, -0.2) is 9.80 Å². The lowest BCUT2D eigenvalue weighted by atomic mass is 9.99. The monoisotopic (exact) mass is 439 g/mol. The number of benzene rings is 1. The molecular formula is C20H17N5O5S. The van der Waals surface area contributed by atoms with Gasteiger partial charge in [0.15, 0.2) is 5.78 Å². The lowest BCUT2D eigenvalue weighted by molar-refractivity contribution is 0.0126. The Labute approximate surface area is 179 Å². The number of nitrogens with two attached hydrogens (primary N) is 1. The van der Waals surface area contributed by atoms with Gasteiger partial charge in [0.05, 0.1) is 34.9 Å². The van der Waals surface area contributed by atoms with E-state index < -0.39 is 11.9 Å². The third-order valence-electron chi connectivity index (χ3n) is 5.27. The van der Waals surface area contributed by atoms with Crippen LogP contribution in [0.15, 0.2) is 24.3 Å². The number of carboxylic acids is 1. The van der Waals surface area contributed by atoms with Crippen LogP contribution in [0.2, 0.25) is 0 Å². The van der Waals surface area contributed by atoms with E-state index in [-0.39, 0.29) is 27.5 Å². The zero-order valence-electron chi connectivity index (χ0n) is 16.1. The van der Waals surface area contributed by atoms with Crippen LogP contribution in [0.4, 0.5) is 5.69 Å². The molecule has 1 amide bonds. The van der Waals surface area contributed by atoms with Crippen molar-refractivity contribution in [1.82, 2.24) is 20.6 Å². The quantitative estimate of drug-likeness (QED) is 0.350.